The second-order valence-electron chi connectivity index (χ2n) is 3.05. The van der Waals surface area contributed by atoms with E-state index in [4.69, 9.17) is 20.9 Å². The summed E-state index contributed by atoms with van der Waals surface area (Å²) in [6.07, 6.45) is -4.66. The van der Waals surface area contributed by atoms with Crippen LogP contribution in [0, 0.1) is 11.3 Å². The Labute approximate surface area is 82.3 Å². The molecule has 0 radical (unpaired) electrons. The van der Waals surface area contributed by atoms with Crippen LogP contribution in [0.5, 0.6) is 0 Å². The summed E-state index contributed by atoms with van der Waals surface area (Å²) in [5.74, 6) is -2.76. The Morgan fingerprint density at radius 2 is 1.87 bits per heavy atom. The summed E-state index contributed by atoms with van der Waals surface area (Å²) in [5, 5.41) is 15.2. The van der Waals surface area contributed by atoms with Gasteiger partial charge in [0.25, 0.3) is 0 Å². The molecule has 0 aromatic rings. The van der Waals surface area contributed by atoms with Crippen LogP contribution < -0.4 is 5.73 Å². The van der Waals surface area contributed by atoms with Gasteiger partial charge in [0.05, 0.1) is 0 Å². The Bertz CT molecular complexity index is 278. The van der Waals surface area contributed by atoms with Gasteiger partial charge in [-0.2, -0.15) is 18.4 Å². The van der Waals surface area contributed by atoms with Gasteiger partial charge in [-0.1, -0.05) is 0 Å². The van der Waals surface area contributed by atoms with Crippen LogP contribution >= 0.6 is 0 Å². The van der Waals surface area contributed by atoms with Gasteiger partial charge in [-0.05, 0) is 0 Å². The van der Waals surface area contributed by atoms with E-state index >= 15 is 0 Å². The molecule has 0 bridgehead atoms. The van der Waals surface area contributed by atoms with Gasteiger partial charge in [0.15, 0.2) is 5.67 Å². The van der Waals surface area contributed by atoms with Crippen molar-refractivity contribution in [2.24, 2.45) is 5.73 Å². The summed E-state index contributed by atoms with van der Waals surface area (Å²) < 4.78 is 44.2. The maximum Gasteiger partial charge on any atom is 0.490 e. The normalized spacial score (nSPS) is 29.2. The molecule has 86 valence electrons. The van der Waals surface area contributed by atoms with E-state index in [-0.39, 0.29) is 18.9 Å². The molecule has 0 saturated heterocycles. The number of carbonyl (C=O) groups is 1. The fourth-order valence-corrected chi connectivity index (χ4v) is 0.863. The highest BCUT2D eigenvalue weighted by molar-refractivity contribution is 5.73. The molecule has 1 aliphatic carbocycles. The summed E-state index contributed by atoms with van der Waals surface area (Å²) in [6.45, 7) is 0. The molecular weight excluding hydrogens is 220 g/mol. The third-order valence-electron chi connectivity index (χ3n) is 1.61. The Kier molecular flexibility index (Phi) is 4.04. The second-order valence-corrected chi connectivity index (χ2v) is 3.05. The second kappa shape index (κ2) is 4.44. The minimum Gasteiger partial charge on any atom is -0.475 e. The molecule has 0 aromatic heterocycles. The molecule has 3 N–H and O–H groups in total. The molecule has 1 saturated carbocycles. The Balaban J connectivity index is 0.000000265. The lowest BCUT2D eigenvalue weighted by Gasteiger charge is -2.32. The number of aliphatic carboxylic acids is 1. The van der Waals surface area contributed by atoms with Crippen LogP contribution in [0.3, 0.4) is 0 Å². The van der Waals surface area contributed by atoms with Gasteiger partial charge in [-0.15, -0.1) is 0 Å². The van der Waals surface area contributed by atoms with Crippen LogP contribution in [-0.4, -0.2) is 29.0 Å². The number of rotatable bonds is 0. The van der Waals surface area contributed by atoms with Crippen molar-refractivity contribution < 1.29 is 27.5 Å². The Morgan fingerprint density at radius 3 is 1.93 bits per heavy atom. The number of hydrogen-bond acceptors (Lipinski definition) is 3. The van der Waals surface area contributed by atoms with Crippen molar-refractivity contribution in [3.05, 3.63) is 0 Å². The van der Waals surface area contributed by atoms with Crippen molar-refractivity contribution in [2.45, 2.75) is 30.7 Å². The average molecular weight is 228 g/mol. The number of nitrogens with zero attached hydrogens (tertiary/aromatic N) is 1. The summed E-state index contributed by atoms with van der Waals surface area (Å²) in [5.41, 5.74) is 3.65. The molecule has 0 heterocycles. The third-order valence-corrected chi connectivity index (χ3v) is 1.61. The van der Waals surface area contributed by atoms with Gasteiger partial charge < -0.3 is 10.8 Å². The molecule has 0 unspecified atom stereocenters. The molecule has 15 heavy (non-hydrogen) atoms. The van der Waals surface area contributed by atoms with Gasteiger partial charge in [0.1, 0.15) is 6.07 Å². The molecule has 1 fully saturated rings. The molecule has 1 rings (SSSR count). The summed E-state index contributed by atoms with van der Waals surface area (Å²) >= 11 is 0. The van der Waals surface area contributed by atoms with E-state index in [0.717, 1.165) is 0 Å². The van der Waals surface area contributed by atoms with E-state index in [1.807, 2.05) is 0 Å². The van der Waals surface area contributed by atoms with Gasteiger partial charge in [0.2, 0.25) is 0 Å². The quantitative estimate of drug-likeness (QED) is 0.605. The lowest BCUT2D eigenvalue weighted by molar-refractivity contribution is -0.192. The van der Waals surface area contributed by atoms with E-state index in [1.54, 1.807) is 6.07 Å². The zero-order chi connectivity index (χ0) is 12.3. The van der Waals surface area contributed by atoms with Crippen molar-refractivity contribution in [2.75, 3.05) is 0 Å². The van der Waals surface area contributed by atoms with E-state index in [1.165, 1.54) is 0 Å². The third kappa shape index (κ3) is 4.60. The van der Waals surface area contributed by atoms with E-state index in [9.17, 15) is 17.6 Å². The summed E-state index contributed by atoms with van der Waals surface area (Å²) in [4.78, 5) is 8.90. The van der Waals surface area contributed by atoms with Crippen LogP contribution in [-0.2, 0) is 4.79 Å². The van der Waals surface area contributed by atoms with Crippen molar-refractivity contribution >= 4 is 5.97 Å². The predicted octanol–water partition coefficient (Wildman–Crippen LogP) is 0.973. The number of alkyl halides is 4. The van der Waals surface area contributed by atoms with Crippen LogP contribution in [0.15, 0.2) is 0 Å². The average Bonchev–Trinajstić information content (AvgIpc) is 2.01. The highest BCUT2D eigenvalue weighted by Crippen LogP contribution is 2.33. The minimum atomic E-state index is -5.08. The molecule has 0 atom stereocenters. The molecular formula is C7H8F4N2O2. The predicted molar refractivity (Wildman–Crippen MR) is 40.4 cm³/mol. The lowest BCUT2D eigenvalue weighted by Crippen LogP contribution is -2.47. The van der Waals surface area contributed by atoms with Crippen LogP contribution in [0.25, 0.3) is 0 Å². The largest absolute Gasteiger partial charge is 0.490 e. The van der Waals surface area contributed by atoms with Crippen LogP contribution in [0.1, 0.15) is 12.8 Å². The molecule has 0 aromatic carbocycles. The number of carboxylic acid groups (broad SMARTS) is 1. The fourth-order valence-electron chi connectivity index (χ4n) is 0.863. The van der Waals surface area contributed by atoms with E-state index < -0.39 is 17.8 Å². The first-order chi connectivity index (χ1) is 6.60. The zero-order valence-corrected chi connectivity index (χ0v) is 7.38. The first kappa shape index (κ1) is 13.6. The highest BCUT2D eigenvalue weighted by atomic mass is 19.4. The first-order valence-corrected chi connectivity index (χ1v) is 3.76. The zero-order valence-electron chi connectivity index (χ0n) is 7.38. The standard InChI is InChI=1S/C5H7FN2.C2HF3O2/c6-5(3-7)1-4(8)2-5;3-2(4,5)1(6)7/h4H,1-2,8H2;(H,6,7). The molecule has 4 nitrogen and oxygen atoms in total. The van der Waals surface area contributed by atoms with Crippen molar-refractivity contribution in [3.8, 4) is 6.07 Å². The number of carboxylic acids is 1. The maximum atomic E-state index is 12.4. The van der Waals surface area contributed by atoms with E-state index in [0.29, 0.717) is 0 Å². The summed E-state index contributed by atoms with van der Waals surface area (Å²) in [7, 11) is 0. The topological polar surface area (TPSA) is 87.1 Å². The number of hydrogen-bond donors (Lipinski definition) is 2. The Hall–Kier alpha value is -1.36. The lowest BCUT2D eigenvalue weighted by atomic mass is 9.79. The maximum absolute atomic E-state index is 12.4. The first-order valence-electron chi connectivity index (χ1n) is 3.76. The highest BCUT2D eigenvalue weighted by Gasteiger charge is 2.43. The molecule has 1 aliphatic rings. The number of halogens is 4. The number of nitrogens with two attached hydrogens (primary N) is 1. The monoisotopic (exact) mass is 228 g/mol. The smallest absolute Gasteiger partial charge is 0.475 e. The van der Waals surface area contributed by atoms with Crippen LogP contribution in [0.2, 0.25) is 0 Å². The molecule has 8 heteroatoms. The molecule has 0 aliphatic heterocycles. The molecule has 0 amide bonds. The van der Waals surface area contributed by atoms with Gasteiger partial charge >= 0.3 is 12.1 Å². The van der Waals surface area contributed by atoms with Gasteiger partial charge in [-0.3, -0.25) is 0 Å². The Morgan fingerprint density at radius 1 is 1.53 bits per heavy atom. The minimum absolute atomic E-state index is 0.0837. The van der Waals surface area contributed by atoms with Crippen molar-refractivity contribution in [1.29, 1.82) is 5.26 Å². The van der Waals surface area contributed by atoms with Gasteiger partial charge in [-0.25, -0.2) is 9.18 Å². The van der Waals surface area contributed by atoms with E-state index in [2.05, 4.69) is 0 Å². The number of nitriles is 1. The SMILES string of the molecule is N#CC1(F)CC(N)C1.O=C(O)C(F)(F)F. The fraction of sp³-hybridized carbons (Fsp3) is 0.714. The summed E-state index contributed by atoms with van der Waals surface area (Å²) in [6, 6.07) is 1.48. The van der Waals surface area contributed by atoms with Crippen LogP contribution in [0.4, 0.5) is 17.6 Å². The molecule has 0 spiro atoms. The van der Waals surface area contributed by atoms with Gasteiger partial charge in [0, 0.05) is 18.9 Å². The van der Waals surface area contributed by atoms with Crippen molar-refractivity contribution in [1.82, 2.24) is 0 Å². The van der Waals surface area contributed by atoms with Crippen molar-refractivity contribution in [3.63, 3.8) is 0 Å².